The molecule has 0 unspecified atom stereocenters. The van der Waals surface area contributed by atoms with Crippen molar-refractivity contribution in [3.05, 3.63) is 59.4 Å². The second-order valence-electron chi connectivity index (χ2n) is 7.17. The molecule has 1 amide bonds. The van der Waals surface area contributed by atoms with Gasteiger partial charge in [-0.3, -0.25) is 4.79 Å². The predicted octanol–water partition coefficient (Wildman–Crippen LogP) is 5.12. The van der Waals surface area contributed by atoms with Crippen molar-refractivity contribution in [3.8, 4) is 17.3 Å². The van der Waals surface area contributed by atoms with Crippen LogP contribution in [0.2, 0.25) is 5.02 Å². The summed E-state index contributed by atoms with van der Waals surface area (Å²) in [6.45, 7) is 4.02. The van der Waals surface area contributed by atoms with Gasteiger partial charge in [-0.25, -0.2) is 0 Å². The molecule has 4 aromatic rings. The first kappa shape index (κ1) is 20.0. The SMILES string of the molecule is COc1ccc(Cl)cc1NC(=O)Cn1c(-c2nnc(C(C)C)o2)cc2ccccc21. The van der Waals surface area contributed by atoms with Crippen LogP contribution in [0.4, 0.5) is 5.69 Å². The van der Waals surface area contributed by atoms with Gasteiger partial charge in [0, 0.05) is 21.8 Å². The molecule has 2 aromatic heterocycles. The number of fused-ring (bicyclic) bond motifs is 1. The van der Waals surface area contributed by atoms with Crippen molar-refractivity contribution >= 4 is 34.1 Å². The van der Waals surface area contributed by atoms with Crippen LogP contribution in [0.1, 0.15) is 25.7 Å². The summed E-state index contributed by atoms with van der Waals surface area (Å²) < 4.78 is 13.0. The van der Waals surface area contributed by atoms with Gasteiger partial charge in [0.05, 0.1) is 12.8 Å². The number of carbonyl (C=O) groups is 1. The lowest BCUT2D eigenvalue weighted by Crippen LogP contribution is -2.19. The standard InChI is InChI=1S/C22H21ClN4O3/c1-13(2)21-25-26-22(30-21)18-10-14-6-4-5-7-17(14)27(18)12-20(28)24-16-11-15(23)8-9-19(16)29-3/h4-11,13H,12H2,1-3H3,(H,24,28). The molecule has 1 N–H and O–H groups in total. The van der Waals surface area contributed by atoms with Crippen LogP contribution < -0.4 is 10.1 Å². The summed E-state index contributed by atoms with van der Waals surface area (Å²) in [7, 11) is 1.54. The van der Waals surface area contributed by atoms with E-state index in [1.54, 1.807) is 25.3 Å². The van der Waals surface area contributed by atoms with Gasteiger partial charge in [-0.1, -0.05) is 43.6 Å². The van der Waals surface area contributed by atoms with E-state index in [2.05, 4.69) is 15.5 Å². The van der Waals surface area contributed by atoms with Gasteiger partial charge in [-0.2, -0.15) is 0 Å². The molecule has 0 saturated heterocycles. The molecule has 4 rings (SSSR count). The minimum atomic E-state index is -0.234. The van der Waals surface area contributed by atoms with Crippen LogP contribution in [-0.4, -0.2) is 27.8 Å². The second-order valence-corrected chi connectivity index (χ2v) is 7.60. The Balaban J connectivity index is 1.69. The van der Waals surface area contributed by atoms with Gasteiger partial charge in [-0.05, 0) is 30.3 Å². The highest BCUT2D eigenvalue weighted by Crippen LogP contribution is 2.30. The molecule has 0 saturated carbocycles. The largest absolute Gasteiger partial charge is 0.495 e. The molecular formula is C22H21ClN4O3. The van der Waals surface area contributed by atoms with E-state index in [1.807, 2.05) is 48.7 Å². The summed E-state index contributed by atoms with van der Waals surface area (Å²) in [5.74, 6) is 1.34. The molecule has 0 aliphatic carbocycles. The van der Waals surface area contributed by atoms with E-state index in [-0.39, 0.29) is 18.4 Å². The van der Waals surface area contributed by atoms with Crippen LogP contribution in [0.25, 0.3) is 22.5 Å². The maximum Gasteiger partial charge on any atom is 0.264 e. The Labute approximate surface area is 178 Å². The lowest BCUT2D eigenvalue weighted by Gasteiger charge is -2.12. The monoisotopic (exact) mass is 424 g/mol. The van der Waals surface area contributed by atoms with E-state index in [0.717, 1.165) is 10.9 Å². The van der Waals surface area contributed by atoms with Gasteiger partial charge >= 0.3 is 0 Å². The first-order chi connectivity index (χ1) is 14.5. The molecule has 0 spiro atoms. The van der Waals surface area contributed by atoms with Crippen molar-refractivity contribution in [3.63, 3.8) is 0 Å². The summed E-state index contributed by atoms with van der Waals surface area (Å²) in [4.78, 5) is 12.9. The van der Waals surface area contributed by atoms with Crippen LogP contribution in [0, 0.1) is 0 Å². The smallest absolute Gasteiger partial charge is 0.264 e. The molecule has 0 radical (unpaired) electrons. The number of carbonyl (C=O) groups excluding carboxylic acids is 1. The molecule has 0 atom stereocenters. The number of nitrogens with zero attached hydrogens (tertiary/aromatic N) is 3. The van der Waals surface area contributed by atoms with Crippen molar-refractivity contribution in [2.45, 2.75) is 26.3 Å². The van der Waals surface area contributed by atoms with Crippen molar-refractivity contribution in [1.82, 2.24) is 14.8 Å². The van der Waals surface area contributed by atoms with Gasteiger partial charge in [0.25, 0.3) is 5.89 Å². The van der Waals surface area contributed by atoms with Crippen LogP contribution >= 0.6 is 11.6 Å². The van der Waals surface area contributed by atoms with E-state index in [1.165, 1.54) is 0 Å². The van der Waals surface area contributed by atoms with E-state index >= 15 is 0 Å². The maximum absolute atomic E-state index is 12.9. The number of nitrogens with one attached hydrogen (secondary N) is 1. The normalized spacial score (nSPS) is 11.2. The number of aromatic nitrogens is 3. The average Bonchev–Trinajstić information content (AvgIpc) is 3.34. The number of rotatable bonds is 6. The maximum atomic E-state index is 12.9. The molecule has 0 fully saturated rings. The topological polar surface area (TPSA) is 82.2 Å². The van der Waals surface area contributed by atoms with E-state index in [9.17, 15) is 4.79 Å². The molecule has 8 heteroatoms. The Morgan fingerprint density at radius 1 is 1.20 bits per heavy atom. The summed E-state index contributed by atoms with van der Waals surface area (Å²) in [5.41, 5.74) is 2.08. The van der Waals surface area contributed by atoms with E-state index in [0.29, 0.717) is 33.9 Å². The van der Waals surface area contributed by atoms with Crippen molar-refractivity contribution < 1.29 is 13.9 Å². The van der Waals surface area contributed by atoms with E-state index in [4.69, 9.17) is 20.8 Å². The third-order valence-electron chi connectivity index (χ3n) is 4.70. The molecular weight excluding hydrogens is 404 g/mol. The zero-order chi connectivity index (χ0) is 21.3. The number of benzene rings is 2. The number of methoxy groups -OCH3 is 1. The van der Waals surface area contributed by atoms with Crippen LogP contribution in [0.3, 0.4) is 0 Å². The fourth-order valence-corrected chi connectivity index (χ4v) is 3.41. The third kappa shape index (κ3) is 3.89. The molecule has 0 aliphatic rings. The minimum absolute atomic E-state index is 0.0535. The van der Waals surface area contributed by atoms with Crippen molar-refractivity contribution in [2.75, 3.05) is 12.4 Å². The number of ether oxygens (including phenoxy) is 1. The Morgan fingerprint density at radius 2 is 2.00 bits per heavy atom. The van der Waals surface area contributed by atoms with Gasteiger partial charge < -0.3 is 19.0 Å². The van der Waals surface area contributed by atoms with E-state index < -0.39 is 0 Å². The molecule has 7 nitrogen and oxygen atoms in total. The summed E-state index contributed by atoms with van der Waals surface area (Å²) in [6, 6.07) is 14.8. The fraction of sp³-hybridized carbons (Fsp3) is 0.227. The van der Waals surface area contributed by atoms with Crippen LogP contribution in [0.5, 0.6) is 5.75 Å². The minimum Gasteiger partial charge on any atom is -0.495 e. The summed E-state index contributed by atoms with van der Waals surface area (Å²) in [6.07, 6.45) is 0. The number of para-hydroxylation sites is 1. The molecule has 154 valence electrons. The van der Waals surface area contributed by atoms with Gasteiger partial charge in [0.2, 0.25) is 11.8 Å². The number of hydrogen-bond acceptors (Lipinski definition) is 5. The zero-order valence-corrected chi connectivity index (χ0v) is 17.6. The first-order valence-electron chi connectivity index (χ1n) is 9.51. The highest BCUT2D eigenvalue weighted by Gasteiger charge is 2.19. The highest BCUT2D eigenvalue weighted by molar-refractivity contribution is 6.31. The summed E-state index contributed by atoms with van der Waals surface area (Å²) >= 11 is 6.07. The second kappa shape index (κ2) is 8.20. The Kier molecular flexibility index (Phi) is 5.46. The van der Waals surface area contributed by atoms with Gasteiger partial charge in [0.15, 0.2) is 0 Å². The molecule has 0 aliphatic heterocycles. The van der Waals surface area contributed by atoms with Crippen LogP contribution in [-0.2, 0) is 11.3 Å². The number of anilines is 1. The fourth-order valence-electron chi connectivity index (χ4n) is 3.24. The zero-order valence-electron chi connectivity index (χ0n) is 16.8. The molecule has 2 aromatic carbocycles. The predicted molar refractivity (Wildman–Crippen MR) is 116 cm³/mol. The lowest BCUT2D eigenvalue weighted by molar-refractivity contribution is -0.116. The number of halogens is 1. The number of hydrogen-bond donors (Lipinski definition) is 1. The van der Waals surface area contributed by atoms with Gasteiger partial charge in [-0.15, -0.1) is 10.2 Å². The number of amides is 1. The lowest BCUT2D eigenvalue weighted by atomic mass is 10.2. The van der Waals surface area contributed by atoms with Gasteiger partial charge in [0.1, 0.15) is 18.0 Å². The average molecular weight is 425 g/mol. The van der Waals surface area contributed by atoms with Crippen molar-refractivity contribution in [1.29, 1.82) is 0 Å². The Hall–Kier alpha value is -3.32. The first-order valence-corrected chi connectivity index (χ1v) is 9.89. The van der Waals surface area contributed by atoms with Crippen LogP contribution in [0.15, 0.2) is 52.9 Å². The molecule has 2 heterocycles. The summed E-state index contributed by atoms with van der Waals surface area (Å²) in [5, 5.41) is 12.7. The third-order valence-corrected chi connectivity index (χ3v) is 4.94. The Morgan fingerprint density at radius 3 is 2.73 bits per heavy atom. The quantitative estimate of drug-likeness (QED) is 0.464. The molecule has 30 heavy (non-hydrogen) atoms. The Bertz CT molecular complexity index is 1210. The molecule has 0 bridgehead atoms. The van der Waals surface area contributed by atoms with Crippen molar-refractivity contribution in [2.24, 2.45) is 0 Å². The highest BCUT2D eigenvalue weighted by atomic mass is 35.5.